The van der Waals surface area contributed by atoms with Crippen LogP contribution in [0.1, 0.15) is 34.0 Å². The topological polar surface area (TPSA) is 86.7 Å². The molecule has 27 heavy (non-hydrogen) atoms. The number of aryl methyl sites for hydroxylation is 1. The molecule has 144 valence electrons. The highest BCUT2D eigenvalue weighted by Gasteiger charge is 2.24. The van der Waals surface area contributed by atoms with Gasteiger partial charge in [0.2, 0.25) is 10.0 Å². The summed E-state index contributed by atoms with van der Waals surface area (Å²) in [6.45, 7) is 0.495. The van der Waals surface area contributed by atoms with Gasteiger partial charge in [-0.15, -0.1) is 0 Å². The highest BCUT2D eigenvalue weighted by Crippen LogP contribution is 2.30. The van der Waals surface area contributed by atoms with Crippen LogP contribution in [0.25, 0.3) is 0 Å². The number of benzene rings is 2. The van der Waals surface area contributed by atoms with Gasteiger partial charge in [-0.2, -0.15) is 0 Å². The van der Waals surface area contributed by atoms with Gasteiger partial charge in [0.15, 0.2) is 0 Å². The Morgan fingerprint density at radius 2 is 2.07 bits per heavy atom. The zero-order valence-corrected chi connectivity index (χ0v) is 16.4. The van der Waals surface area contributed by atoms with Crippen molar-refractivity contribution in [1.82, 2.24) is 5.32 Å². The first-order chi connectivity index (χ1) is 12.8. The van der Waals surface area contributed by atoms with Crippen molar-refractivity contribution in [3.05, 3.63) is 64.2 Å². The molecule has 1 aliphatic heterocycles. The number of nitrogens with one attached hydrogen (secondary N) is 1. The molecule has 0 bridgehead atoms. The molecule has 0 saturated heterocycles. The Labute approximate surface area is 163 Å². The van der Waals surface area contributed by atoms with E-state index in [-0.39, 0.29) is 12.5 Å². The molecule has 2 aromatic rings. The molecule has 0 saturated carbocycles. The fourth-order valence-electron chi connectivity index (χ4n) is 3.17. The largest absolute Gasteiger partial charge is 0.387 e. The van der Waals surface area contributed by atoms with Crippen molar-refractivity contribution in [2.24, 2.45) is 0 Å². The molecule has 1 atom stereocenters. The van der Waals surface area contributed by atoms with Crippen molar-refractivity contribution in [3.63, 3.8) is 0 Å². The van der Waals surface area contributed by atoms with Gasteiger partial charge in [0, 0.05) is 23.7 Å². The van der Waals surface area contributed by atoms with Crippen molar-refractivity contribution in [3.8, 4) is 0 Å². The van der Waals surface area contributed by atoms with E-state index in [4.69, 9.17) is 11.6 Å². The Morgan fingerprint density at radius 3 is 2.78 bits per heavy atom. The van der Waals surface area contributed by atoms with E-state index in [0.29, 0.717) is 41.2 Å². The van der Waals surface area contributed by atoms with Crippen molar-refractivity contribution in [2.45, 2.75) is 18.9 Å². The molecular formula is C19H21ClN2O4S. The normalized spacial score (nSPS) is 15.1. The summed E-state index contributed by atoms with van der Waals surface area (Å²) < 4.78 is 25.2. The number of fused-ring (bicyclic) bond motifs is 1. The van der Waals surface area contributed by atoms with Gasteiger partial charge in [-0.3, -0.25) is 9.10 Å². The number of carbonyl (C=O) groups excluding carboxylic acids is 1. The molecule has 0 fully saturated rings. The maximum atomic E-state index is 12.4. The van der Waals surface area contributed by atoms with Gasteiger partial charge in [0.05, 0.1) is 18.0 Å². The number of hydrogen-bond donors (Lipinski definition) is 2. The summed E-state index contributed by atoms with van der Waals surface area (Å²) in [6.07, 6.45) is 1.73. The van der Waals surface area contributed by atoms with Crippen molar-refractivity contribution in [1.29, 1.82) is 0 Å². The Hall–Kier alpha value is -2.09. The van der Waals surface area contributed by atoms with E-state index in [1.165, 1.54) is 10.6 Å². The lowest BCUT2D eigenvalue weighted by molar-refractivity contribution is 0.0916. The number of anilines is 1. The highest BCUT2D eigenvalue weighted by atomic mass is 35.5. The number of halogens is 1. The molecule has 2 N–H and O–H groups in total. The first-order valence-electron chi connectivity index (χ1n) is 8.58. The Kier molecular flexibility index (Phi) is 5.74. The zero-order chi connectivity index (χ0) is 19.6. The lowest BCUT2D eigenvalue weighted by atomic mass is 10.0. The number of hydrogen-bond acceptors (Lipinski definition) is 4. The van der Waals surface area contributed by atoms with Crippen LogP contribution >= 0.6 is 11.6 Å². The predicted octanol–water partition coefficient (Wildman–Crippen LogP) is 2.52. The third kappa shape index (κ3) is 4.61. The summed E-state index contributed by atoms with van der Waals surface area (Å²) in [6, 6.07) is 11.8. The van der Waals surface area contributed by atoms with E-state index < -0.39 is 16.1 Å². The average Bonchev–Trinajstić information content (AvgIpc) is 2.64. The maximum absolute atomic E-state index is 12.4. The number of sulfonamides is 1. The molecule has 1 amide bonds. The second kappa shape index (κ2) is 7.88. The molecule has 0 aliphatic carbocycles. The Balaban J connectivity index is 1.71. The van der Waals surface area contributed by atoms with Crippen molar-refractivity contribution < 1.29 is 18.3 Å². The SMILES string of the molecule is CS(=O)(=O)N1CCCc2cc(C(=O)NC[C@@H](O)c3cccc(Cl)c3)ccc21. The number of aliphatic hydroxyl groups is 1. The van der Waals surface area contributed by atoms with E-state index in [9.17, 15) is 18.3 Å². The predicted molar refractivity (Wildman–Crippen MR) is 106 cm³/mol. The molecule has 6 nitrogen and oxygen atoms in total. The quantitative estimate of drug-likeness (QED) is 0.795. The zero-order valence-electron chi connectivity index (χ0n) is 14.9. The van der Waals surface area contributed by atoms with Crippen LogP contribution in [-0.4, -0.2) is 38.8 Å². The Bertz CT molecular complexity index is 962. The van der Waals surface area contributed by atoms with Crippen molar-refractivity contribution >= 4 is 33.2 Å². The fourth-order valence-corrected chi connectivity index (χ4v) is 4.37. The Morgan fingerprint density at radius 1 is 1.30 bits per heavy atom. The van der Waals surface area contributed by atoms with Crippen LogP contribution in [0.3, 0.4) is 0 Å². The second-order valence-corrected chi connectivity index (χ2v) is 8.91. The molecule has 0 radical (unpaired) electrons. The third-order valence-corrected chi connectivity index (χ3v) is 5.92. The number of carbonyl (C=O) groups is 1. The minimum atomic E-state index is -3.34. The highest BCUT2D eigenvalue weighted by molar-refractivity contribution is 7.92. The van der Waals surface area contributed by atoms with Crippen LogP contribution in [0.5, 0.6) is 0 Å². The smallest absolute Gasteiger partial charge is 0.251 e. The van der Waals surface area contributed by atoms with Crippen LogP contribution < -0.4 is 9.62 Å². The van der Waals surface area contributed by atoms with Gasteiger partial charge < -0.3 is 10.4 Å². The minimum absolute atomic E-state index is 0.0473. The second-order valence-electron chi connectivity index (χ2n) is 6.56. The standard InChI is InChI=1S/C19H21ClN2O4S/c1-27(25,26)22-9-3-5-13-10-15(7-8-17(13)22)19(24)21-12-18(23)14-4-2-6-16(20)11-14/h2,4,6-8,10-11,18,23H,3,5,9,12H2,1H3,(H,21,24)/t18-/m1/s1. The third-order valence-electron chi connectivity index (χ3n) is 4.51. The summed E-state index contributed by atoms with van der Waals surface area (Å²) in [5, 5.41) is 13.4. The lowest BCUT2D eigenvalue weighted by Crippen LogP contribution is -2.35. The molecule has 8 heteroatoms. The summed E-state index contributed by atoms with van der Waals surface area (Å²) in [4.78, 5) is 12.4. The molecular weight excluding hydrogens is 388 g/mol. The van der Waals surface area contributed by atoms with E-state index in [2.05, 4.69) is 5.32 Å². The monoisotopic (exact) mass is 408 g/mol. The maximum Gasteiger partial charge on any atom is 0.251 e. The fraction of sp³-hybridized carbons (Fsp3) is 0.316. The lowest BCUT2D eigenvalue weighted by Gasteiger charge is -2.29. The van der Waals surface area contributed by atoms with Gasteiger partial charge in [-0.25, -0.2) is 8.42 Å². The number of amides is 1. The van der Waals surface area contributed by atoms with Crippen LogP contribution in [0.4, 0.5) is 5.69 Å². The van der Waals surface area contributed by atoms with Gasteiger partial charge in [0.25, 0.3) is 5.91 Å². The van der Waals surface area contributed by atoms with Gasteiger partial charge in [-0.05, 0) is 54.3 Å². The summed E-state index contributed by atoms with van der Waals surface area (Å²) in [5.74, 6) is -0.324. The van der Waals surface area contributed by atoms with E-state index in [1.807, 2.05) is 0 Å². The average molecular weight is 409 g/mol. The molecule has 0 aromatic heterocycles. The van der Waals surface area contributed by atoms with Crippen LogP contribution in [0, 0.1) is 0 Å². The van der Waals surface area contributed by atoms with Gasteiger partial charge >= 0.3 is 0 Å². The summed E-state index contributed by atoms with van der Waals surface area (Å²) >= 11 is 5.91. The first kappa shape index (κ1) is 19.7. The minimum Gasteiger partial charge on any atom is -0.387 e. The first-order valence-corrected chi connectivity index (χ1v) is 10.8. The summed E-state index contributed by atoms with van der Waals surface area (Å²) in [7, 11) is -3.34. The number of rotatable bonds is 5. The van der Waals surface area contributed by atoms with Crippen LogP contribution in [-0.2, 0) is 16.4 Å². The van der Waals surface area contributed by atoms with Crippen LogP contribution in [0.2, 0.25) is 5.02 Å². The number of nitrogens with zero attached hydrogens (tertiary/aromatic N) is 1. The number of aliphatic hydroxyl groups excluding tert-OH is 1. The van der Waals surface area contributed by atoms with Gasteiger partial charge in [0.1, 0.15) is 0 Å². The summed E-state index contributed by atoms with van der Waals surface area (Å²) in [5.41, 5.74) is 2.51. The molecule has 1 aliphatic rings. The van der Waals surface area contributed by atoms with E-state index in [1.54, 1.807) is 42.5 Å². The molecule has 3 rings (SSSR count). The van der Waals surface area contributed by atoms with Gasteiger partial charge in [-0.1, -0.05) is 23.7 Å². The van der Waals surface area contributed by atoms with E-state index >= 15 is 0 Å². The van der Waals surface area contributed by atoms with E-state index in [0.717, 1.165) is 5.56 Å². The molecule has 0 unspecified atom stereocenters. The van der Waals surface area contributed by atoms with Crippen LogP contribution in [0.15, 0.2) is 42.5 Å². The molecule has 1 heterocycles. The molecule has 2 aromatic carbocycles. The van der Waals surface area contributed by atoms with Crippen molar-refractivity contribution in [2.75, 3.05) is 23.7 Å². The molecule has 0 spiro atoms.